The van der Waals surface area contributed by atoms with Crippen LogP contribution < -0.4 is 10.0 Å². The first-order valence-corrected chi connectivity index (χ1v) is 7.89. The molecule has 0 amide bonds. The van der Waals surface area contributed by atoms with Crippen molar-refractivity contribution in [2.45, 2.75) is 37.6 Å². The Morgan fingerprint density at radius 1 is 1.43 bits per heavy atom. The van der Waals surface area contributed by atoms with Gasteiger partial charge >= 0.3 is 0 Å². The molecule has 21 heavy (non-hydrogen) atoms. The molecule has 1 atom stereocenters. The molecular weight excluding hydrogens is 301 g/mol. The molecule has 0 aliphatic carbocycles. The Balaban J connectivity index is 3.32. The van der Waals surface area contributed by atoms with Crippen LogP contribution in [0.25, 0.3) is 0 Å². The summed E-state index contributed by atoms with van der Waals surface area (Å²) in [6.45, 7) is 3.57. The molecule has 0 saturated carbocycles. The summed E-state index contributed by atoms with van der Waals surface area (Å²) >= 11 is 0. The molecule has 1 aromatic rings. The molecule has 0 aliphatic heterocycles. The molecule has 1 unspecified atom stereocenters. The molecule has 0 aromatic heterocycles. The Labute approximate surface area is 122 Å². The average molecular weight is 319 g/mol. The van der Waals surface area contributed by atoms with Crippen molar-refractivity contribution in [2.75, 3.05) is 12.4 Å². The highest BCUT2D eigenvalue weighted by Crippen LogP contribution is 2.29. The molecule has 9 heteroatoms. The summed E-state index contributed by atoms with van der Waals surface area (Å²) in [5, 5.41) is 13.2. The van der Waals surface area contributed by atoms with E-state index in [2.05, 4.69) is 10.0 Å². The Morgan fingerprint density at radius 3 is 2.52 bits per heavy atom. The number of nitro groups is 1. The standard InChI is InChI=1S/C12H18FN3O4S/c1-4-5-8(2)15-21(19,20)12-10(13)6-9(16(17)18)7-11(12)14-3/h6-8,14-15H,4-5H2,1-3H3. The van der Waals surface area contributed by atoms with Crippen molar-refractivity contribution in [3.63, 3.8) is 0 Å². The number of non-ortho nitro benzene ring substituents is 1. The highest BCUT2D eigenvalue weighted by Gasteiger charge is 2.27. The van der Waals surface area contributed by atoms with Crippen LogP contribution in [0.15, 0.2) is 17.0 Å². The van der Waals surface area contributed by atoms with E-state index >= 15 is 0 Å². The van der Waals surface area contributed by atoms with Gasteiger partial charge in [0.15, 0.2) is 5.82 Å². The maximum atomic E-state index is 14.0. The normalized spacial score (nSPS) is 13.0. The van der Waals surface area contributed by atoms with E-state index in [9.17, 15) is 22.9 Å². The summed E-state index contributed by atoms with van der Waals surface area (Å²) in [4.78, 5) is 9.29. The van der Waals surface area contributed by atoms with Gasteiger partial charge in [0.1, 0.15) is 4.90 Å². The van der Waals surface area contributed by atoms with E-state index in [1.165, 1.54) is 7.05 Å². The topological polar surface area (TPSA) is 101 Å². The quantitative estimate of drug-likeness (QED) is 0.593. The lowest BCUT2D eigenvalue weighted by molar-refractivity contribution is -0.385. The predicted octanol–water partition coefficient (Wildman–Crippen LogP) is 2.24. The Hall–Kier alpha value is -1.74. The second-order valence-corrected chi connectivity index (χ2v) is 6.27. The van der Waals surface area contributed by atoms with E-state index in [1.54, 1.807) is 6.92 Å². The van der Waals surface area contributed by atoms with Crippen molar-refractivity contribution in [1.82, 2.24) is 4.72 Å². The molecule has 118 valence electrons. The number of halogens is 1. The monoisotopic (exact) mass is 319 g/mol. The molecule has 0 saturated heterocycles. The van der Waals surface area contributed by atoms with Gasteiger partial charge < -0.3 is 5.32 Å². The predicted molar refractivity (Wildman–Crippen MR) is 77.3 cm³/mol. The second-order valence-electron chi connectivity index (χ2n) is 4.62. The van der Waals surface area contributed by atoms with Crippen LogP contribution in [-0.4, -0.2) is 26.4 Å². The highest BCUT2D eigenvalue weighted by atomic mass is 32.2. The molecule has 0 aliphatic rings. The molecule has 1 aromatic carbocycles. The number of rotatable bonds is 7. The van der Waals surface area contributed by atoms with Gasteiger partial charge in [0, 0.05) is 19.2 Å². The number of hydrogen-bond acceptors (Lipinski definition) is 5. The van der Waals surface area contributed by atoms with Crippen molar-refractivity contribution in [3.05, 3.63) is 28.1 Å². The first-order valence-electron chi connectivity index (χ1n) is 6.41. The van der Waals surface area contributed by atoms with Gasteiger partial charge in [0.25, 0.3) is 5.69 Å². The summed E-state index contributed by atoms with van der Waals surface area (Å²) in [6, 6.07) is 1.22. The van der Waals surface area contributed by atoms with Crippen LogP contribution in [0.3, 0.4) is 0 Å². The highest BCUT2D eigenvalue weighted by molar-refractivity contribution is 7.89. The first kappa shape index (κ1) is 17.3. The van der Waals surface area contributed by atoms with Gasteiger partial charge in [-0.05, 0) is 13.3 Å². The second kappa shape index (κ2) is 6.81. The van der Waals surface area contributed by atoms with Gasteiger partial charge in [-0.25, -0.2) is 17.5 Å². The summed E-state index contributed by atoms with van der Waals surface area (Å²) < 4.78 is 40.9. The van der Waals surface area contributed by atoms with Crippen molar-refractivity contribution in [2.24, 2.45) is 0 Å². The molecule has 1 rings (SSSR count). The van der Waals surface area contributed by atoms with Gasteiger partial charge in [-0.15, -0.1) is 0 Å². The molecule has 2 N–H and O–H groups in total. The zero-order chi connectivity index (χ0) is 16.2. The fourth-order valence-electron chi connectivity index (χ4n) is 1.96. The SMILES string of the molecule is CCCC(C)NS(=O)(=O)c1c(F)cc([N+](=O)[O-])cc1NC. The van der Waals surface area contributed by atoms with Crippen LogP contribution in [0.1, 0.15) is 26.7 Å². The molecule has 0 radical (unpaired) electrons. The van der Waals surface area contributed by atoms with Gasteiger partial charge in [0.2, 0.25) is 10.0 Å². The minimum atomic E-state index is -4.11. The third-order valence-electron chi connectivity index (χ3n) is 2.86. The lowest BCUT2D eigenvalue weighted by Gasteiger charge is -2.16. The largest absolute Gasteiger partial charge is 0.387 e. The van der Waals surface area contributed by atoms with Crippen molar-refractivity contribution >= 4 is 21.4 Å². The number of hydrogen-bond donors (Lipinski definition) is 2. The van der Waals surface area contributed by atoms with E-state index < -0.39 is 31.3 Å². The molecule has 0 spiro atoms. The fourth-order valence-corrected chi connectivity index (χ4v) is 3.49. The number of nitrogens with zero attached hydrogens (tertiary/aromatic N) is 1. The van der Waals surface area contributed by atoms with E-state index in [1.807, 2.05) is 6.92 Å². The minimum absolute atomic E-state index is 0.155. The Morgan fingerprint density at radius 2 is 2.05 bits per heavy atom. The van der Waals surface area contributed by atoms with Gasteiger partial charge in [-0.1, -0.05) is 13.3 Å². The van der Waals surface area contributed by atoms with Crippen molar-refractivity contribution < 1.29 is 17.7 Å². The molecule has 0 fully saturated rings. The number of nitro benzene ring substituents is 1. The van der Waals surface area contributed by atoms with Crippen LogP contribution in [0.5, 0.6) is 0 Å². The fraction of sp³-hybridized carbons (Fsp3) is 0.500. The van der Waals surface area contributed by atoms with Crippen LogP contribution in [0.2, 0.25) is 0 Å². The van der Waals surface area contributed by atoms with E-state index in [0.717, 1.165) is 12.5 Å². The van der Waals surface area contributed by atoms with Crippen LogP contribution in [0, 0.1) is 15.9 Å². The average Bonchev–Trinajstić information content (AvgIpc) is 2.36. The van der Waals surface area contributed by atoms with Gasteiger partial charge in [-0.2, -0.15) is 0 Å². The number of nitrogens with one attached hydrogen (secondary N) is 2. The maximum Gasteiger partial charge on any atom is 0.274 e. The van der Waals surface area contributed by atoms with Crippen LogP contribution >= 0.6 is 0 Å². The molecular formula is C12H18FN3O4S. The summed E-state index contributed by atoms with van der Waals surface area (Å²) in [6.07, 6.45) is 1.37. The van der Waals surface area contributed by atoms with Crippen LogP contribution in [-0.2, 0) is 10.0 Å². The molecule has 7 nitrogen and oxygen atoms in total. The smallest absolute Gasteiger partial charge is 0.274 e. The summed E-state index contributed by atoms with van der Waals surface area (Å²) in [7, 11) is -2.74. The third-order valence-corrected chi connectivity index (χ3v) is 4.52. The Bertz CT molecular complexity index is 634. The van der Waals surface area contributed by atoms with E-state index in [0.29, 0.717) is 12.5 Å². The minimum Gasteiger partial charge on any atom is -0.387 e. The molecule has 0 bridgehead atoms. The van der Waals surface area contributed by atoms with Gasteiger partial charge in [-0.3, -0.25) is 10.1 Å². The van der Waals surface area contributed by atoms with Crippen molar-refractivity contribution in [1.29, 1.82) is 0 Å². The number of anilines is 1. The van der Waals surface area contributed by atoms with Gasteiger partial charge in [0.05, 0.1) is 16.7 Å². The van der Waals surface area contributed by atoms with E-state index in [-0.39, 0.29) is 11.7 Å². The molecule has 0 heterocycles. The number of sulfonamides is 1. The van der Waals surface area contributed by atoms with E-state index in [4.69, 9.17) is 0 Å². The zero-order valence-corrected chi connectivity index (χ0v) is 12.8. The Kier molecular flexibility index (Phi) is 5.62. The third kappa shape index (κ3) is 4.11. The maximum absolute atomic E-state index is 14.0. The zero-order valence-electron chi connectivity index (χ0n) is 12.0. The lowest BCUT2D eigenvalue weighted by atomic mass is 10.2. The lowest BCUT2D eigenvalue weighted by Crippen LogP contribution is -2.33. The summed E-state index contributed by atoms with van der Waals surface area (Å²) in [5.74, 6) is -1.16. The number of benzene rings is 1. The summed E-state index contributed by atoms with van der Waals surface area (Å²) in [5.41, 5.74) is -0.671. The first-order chi connectivity index (χ1) is 9.72. The van der Waals surface area contributed by atoms with Crippen LogP contribution in [0.4, 0.5) is 15.8 Å². The van der Waals surface area contributed by atoms with Crippen molar-refractivity contribution in [3.8, 4) is 0 Å².